The molecular formula is C19H21BrN2O2. The van der Waals surface area contributed by atoms with Crippen LogP contribution in [0.4, 0.5) is 0 Å². The predicted molar refractivity (Wildman–Crippen MR) is 97.9 cm³/mol. The van der Waals surface area contributed by atoms with Crippen molar-refractivity contribution in [3.8, 4) is 0 Å². The molecule has 2 aromatic rings. The van der Waals surface area contributed by atoms with Gasteiger partial charge in [0.2, 0.25) is 0 Å². The molecule has 1 aliphatic rings. The van der Waals surface area contributed by atoms with E-state index >= 15 is 0 Å². The minimum absolute atomic E-state index is 0.0221. The number of hydrogen-bond donors (Lipinski definition) is 1. The quantitative estimate of drug-likeness (QED) is 0.855. The van der Waals surface area contributed by atoms with Gasteiger partial charge in [0.05, 0.1) is 18.3 Å². The highest BCUT2D eigenvalue weighted by Crippen LogP contribution is 2.16. The first kappa shape index (κ1) is 17.1. The van der Waals surface area contributed by atoms with Crippen molar-refractivity contribution in [3.05, 3.63) is 70.2 Å². The van der Waals surface area contributed by atoms with Gasteiger partial charge in [0.1, 0.15) is 0 Å². The third kappa shape index (κ3) is 4.66. The van der Waals surface area contributed by atoms with Crippen molar-refractivity contribution in [2.75, 3.05) is 26.2 Å². The molecule has 2 aromatic carbocycles. The number of hydrogen-bond acceptors (Lipinski definition) is 3. The smallest absolute Gasteiger partial charge is 0.252 e. The number of carbonyl (C=O) groups excluding carboxylic acids is 1. The second-order valence-corrected chi connectivity index (χ2v) is 6.76. The van der Waals surface area contributed by atoms with Gasteiger partial charge in [-0.05, 0) is 33.6 Å². The number of halogens is 1. The molecule has 0 radical (unpaired) electrons. The summed E-state index contributed by atoms with van der Waals surface area (Å²) in [5.74, 6) is -0.0775. The van der Waals surface area contributed by atoms with Gasteiger partial charge in [-0.15, -0.1) is 0 Å². The van der Waals surface area contributed by atoms with Gasteiger partial charge in [-0.25, -0.2) is 0 Å². The molecule has 1 saturated heterocycles. The maximum Gasteiger partial charge on any atom is 0.252 e. The molecule has 1 atom stereocenters. The molecule has 3 rings (SSSR count). The topological polar surface area (TPSA) is 41.6 Å². The Morgan fingerprint density at radius 2 is 1.92 bits per heavy atom. The number of morpholine rings is 1. The van der Waals surface area contributed by atoms with Gasteiger partial charge in [0.25, 0.3) is 5.91 Å². The zero-order valence-electron chi connectivity index (χ0n) is 13.5. The number of ether oxygens (including phenoxy) is 1. The van der Waals surface area contributed by atoms with Crippen LogP contribution >= 0.6 is 15.9 Å². The van der Waals surface area contributed by atoms with E-state index in [0.717, 1.165) is 24.1 Å². The van der Waals surface area contributed by atoms with Crippen LogP contribution in [0, 0.1) is 0 Å². The number of rotatable bonds is 5. The van der Waals surface area contributed by atoms with Crippen molar-refractivity contribution in [1.82, 2.24) is 10.2 Å². The van der Waals surface area contributed by atoms with Crippen molar-refractivity contribution in [2.45, 2.75) is 12.6 Å². The van der Waals surface area contributed by atoms with Crippen molar-refractivity contribution < 1.29 is 9.53 Å². The van der Waals surface area contributed by atoms with Crippen molar-refractivity contribution in [3.63, 3.8) is 0 Å². The van der Waals surface area contributed by atoms with E-state index in [1.54, 1.807) is 0 Å². The summed E-state index contributed by atoms with van der Waals surface area (Å²) in [6, 6.07) is 17.9. The maximum absolute atomic E-state index is 12.3. The Morgan fingerprint density at radius 1 is 1.17 bits per heavy atom. The molecule has 0 aromatic heterocycles. The molecule has 1 heterocycles. The molecule has 126 valence electrons. The van der Waals surface area contributed by atoms with Crippen LogP contribution in [-0.2, 0) is 11.3 Å². The number of nitrogens with zero attached hydrogens (tertiary/aromatic N) is 1. The van der Waals surface area contributed by atoms with E-state index in [1.807, 2.05) is 30.3 Å². The first-order chi connectivity index (χ1) is 11.7. The Bertz CT molecular complexity index is 678. The van der Waals surface area contributed by atoms with E-state index in [9.17, 15) is 4.79 Å². The number of benzene rings is 2. The van der Waals surface area contributed by atoms with E-state index in [0.29, 0.717) is 18.7 Å². The highest BCUT2D eigenvalue weighted by Gasteiger charge is 2.21. The van der Waals surface area contributed by atoms with Gasteiger partial charge in [-0.3, -0.25) is 9.69 Å². The molecule has 1 N–H and O–H groups in total. The van der Waals surface area contributed by atoms with E-state index < -0.39 is 0 Å². The van der Waals surface area contributed by atoms with Crippen molar-refractivity contribution >= 4 is 21.8 Å². The summed E-state index contributed by atoms with van der Waals surface area (Å²) in [5.41, 5.74) is 1.95. The average molecular weight is 389 g/mol. The third-order valence-electron chi connectivity index (χ3n) is 4.08. The highest BCUT2D eigenvalue weighted by atomic mass is 79.9. The first-order valence-corrected chi connectivity index (χ1v) is 8.92. The monoisotopic (exact) mass is 388 g/mol. The molecule has 24 heavy (non-hydrogen) atoms. The Labute approximate surface area is 150 Å². The molecule has 0 aliphatic carbocycles. The fourth-order valence-corrected chi connectivity index (χ4v) is 3.30. The summed E-state index contributed by atoms with van der Waals surface area (Å²) < 4.78 is 6.60. The normalized spacial score (nSPS) is 18.3. The van der Waals surface area contributed by atoms with Gasteiger partial charge < -0.3 is 10.1 Å². The minimum atomic E-state index is -0.0775. The Morgan fingerprint density at radius 3 is 2.71 bits per heavy atom. The number of nitrogens with one attached hydrogen (secondary N) is 1. The first-order valence-electron chi connectivity index (χ1n) is 8.13. The molecule has 4 nitrogen and oxygen atoms in total. The molecule has 5 heteroatoms. The van der Waals surface area contributed by atoms with Crippen LogP contribution in [0.3, 0.4) is 0 Å². The molecule has 0 spiro atoms. The summed E-state index contributed by atoms with van der Waals surface area (Å²) in [4.78, 5) is 14.6. The lowest BCUT2D eigenvalue weighted by Crippen LogP contribution is -2.47. The van der Waals surface area contributed by atoms with Gasteiger partial charge in [-0.2, -0.15) is 0 Å². The molecule has 0 unspecified atom stereocenters. The average Bonchev–Trinajstić information content (AvgIpc) is 2.61. The summed E-state index contributed by atoms with van der Waals surface area (Å²) in [7, 11) is 0. The lowest BCUT2D eigenvalue weighted by atomic mass is 10.2. The standard InChI is InChI=1S/C19H21BrN2O2/c20-18-9-5-4-8-17(18)19(23)21-12-16-14-22(10-11-24-16)13-15-6-2-1-3-7-15/h1-9,16H,10-14H2,(H,21,23)/t16-/m0/s1. The van der Waals surface area contributed by atoms with Crippen LogP contribution in [0.1, 0.15) is 15.9 Å². The fraction of sp³-hybridized carbons (Fsp3) is 0.316. The van der Waals surface area contributed by atoms with Gasteiger partial charge >= 0.3 is 0 Å². The molecule has 1 fully saturated rings. The van der Waals surface area contributed by atoms with Crippen LogP contribution in [0.5, 0.6) is 0 Å². The van der Waals surface area contributed by atoms with Crippen LogP contribution in [0.2, 0.25) is 0 Å². The molecule has 0 saturated carbocycles. The zero-order valence-corrected chi connectivity index (χ0v) is 15.0. The minimum Gasteiger partial charge on any atom is -0.374 e. The van der Waals surface area contributed by atoms with E-state index in [4.69, 9.17) is 4.74 Å². The molecular weight excluding hydrogens is 368 g/mol. The van der Waals surface area contributed by atoms with Gasteiger partial charge in [0, 0.05) is 30.7 Å². The second kappa shape index (κ2) is 8.42. The number of amides is 1. The Balaban J connectivity index is 1.50. The molecule has 0 bridgehead atoms. The SMILES string of the molecule is O=C(NC[C@H]1CN(Cc2ccccc2)CCO1)c1ccccc1Br. The molecule has 1 amide bonds. The van der Waals surface area contributed by atoms with Crippen molar-refractivity contribution in [1.29, 1.82) is 0 Å². The Hall–Kier alpha value is -1.69. The van der Waals surface area contributed by atoms with Crippen LogP contribution in [0.25, 0.3) is 0 Å². The van der Waals surface area contributed by atoms with Crippen LogP contribution in [0.15, 0.2) is 59.1 Å². The maximum atomic E-state index is 12.3. The van der Waals surface area contributed by atoms with Gasteiger partial charge in [-0.1, -0.05) is 42.5 Å². The van der Waals surface area contributed by atoms with Gasteiger partial charge in [0.15, 0.2) is 0 Å². The number of carbonyl (C=O) groups is 1. The largest absolute Gasteiger partial charge is 0.374 e. The second-order valence-electron chi connectivity index (χ2n) is 5.90. The van der Waals surface area contributed by atoms with Crippen molar-refractivity contribution in [2.24, 2.45) is 0 Å². The lowest BCUT2D eigenvalue weighted by molar-refractivity contribution is -0.0292. The highest BCUT2D eigenvalue weighted by molar-refractivity contribution is 9.10. The summed E-state index contributed by atoms with van der Waals surface area (Å²) in [6.07, 6.45) is 0.0221. The predicted octanol–water partition coefficient (Wildman–Crippen LogP) is 3.08. The zero-order chi connectivity index (χ0) is 16.8. The van der Waals surface area contributed by atoms with Crippen LogP contribution in [-0.4, -0.2) is 43.2 Å². The van der Waals surface area contributed by atoms with E-state index in [2.05, 4.69) is 50.4 Å². The van der Waals surface area contributed by atoms with E-state index in [1.165, 1.54) is 5.56 Å². The van der Waals surface area contributed by atoms with E-state index in [-0.39, 0.29) is 12.0 Å². The fourth-order valence-electron chi connectivity index (χ4n) is 2.84. The summed E-state index contributed by atoms with van der Waals surface area (Å²) in [6.45, 7) is 3.88. The Kier molecular flexibility index (Phi) is 6.01. The third-order valence-corrected chi connectivity index (χ3v) is 4.77. The molecule has 1 aliphatic heterocycles. The summed E-state index contributed by atoms with van der Waals surface area (Å²) in [5, 5.41) is 2.97. The summed E-state index contributed by atoms with van der Waals surface area (Å²) >= 11 is 3.41. The van der Waals surface area contributed by atoms with Crippen LogP contribution < -0.4 is 5.32 Å². The lowest BCUT2D eigenvalue weighted by Gasteiger charge is -2.33.